The number of benzene rings is 1. The highest BCUT2D eigenvalue weighted by molar-refractivity contribution is 5.31. The molecule has 0 spiro atoms. The summed E-state index contributed by atoms with van der Waals surface area (Å²) >= 11 is 0. The lowest BCUT2D eigenvalue weighted by Gasteiger charge is -2.25. The summed E-state index contributed by atoms with van der Waals surface area (Å²) in [4.78, 5) is 0. The van der Waals surface area contributed by atoms with E-state index in [4.69, 9.17) is 5.73 Å². The van der Waals surface area contributed by atoms with Crippen molar-refractivity contribution in [2.75, 3.05) is 0 Å². The summed E-state index contributed by atoms with van der Waals surface area (Å²) in [6.45, 7) is 0. The van der Waals surface area contributed by atoms with Crippen LogP contribution in [0.1, 0.15) is 37.3 Å². The Morgan fingerprint density at radius 3 is 2.50 bits per heavy atom. The number of ether oxygens (including phenoxy) is 1. The minimum absolute atomic E-state index is 0.122. The number of halogens is 3. The van der Waals surface area contributed by atoms with E-state index in [9.17, 15) is 18.3 Å². The zero-order chi connectivity index (χ0) is 14.8. The van der Waals surface area contributed by atoms with Gasteiger partial charge in [0, 0.05) is 0 Å². The molecule has 0 heterocycles. The summed E-state index contributed by atoms with van der Waals surface area (Å²) in [5, 5.41) is 10.2. The van der Waals surface area contributed by atoms with Crippen LogP contribution in [0.25, 0.3) is 0 Å². The number of nitrogens with two attached hydrogens (primary N) is 1. The van der Waals surface area contributed by atoms with Crippen LogP contribution < -0.4 is 10.5 Å². The third-order valence-corrected chi connectivity index (χ3v) is 3.73. The highest BCUT2D eigenvalue weighted by Crippen LogP contribution is 2.33. The molecule has 2 rings (SSSR count). The third kappa shape index (κ3) is 3.86. The zero-order valence-corrected chi connectivity index (χ0v) is 10.9. The van der Waals surface area contributed by atoms with Gasteiger partial charge in [0.05, 0.1) is 12.1 Å². The number of alkyl halides is 3. The van der Waals surface area contributed by atoms with Gasteiger partial charge in [-0.3, -0.25) is 0 Å². The topological polar surface area (TPSA) is 55.5 Å². The van der Waals surface area contributed by atoms with Crippen molar-refractivity contribution in [3.05, 3.63) is 29.8 Å². The Balaban J connectivity index is 2.09. The number of aliphatic hydroxyl groups excluding tert-OH is 1. The molecule has 1 aliphatic rings. The first-order valence-electron chi connectivity index (χ1n) is 6.66. The first-order valence-corrected chi connectivity index (χ1v) is 6.66. The van der Waals surface area contributed by atoms with E-state index in [-0.39, 0.29) is 11.7 Å². The van der Waals surface area contributed by atoms with Crippen LogP contribution in [0, 0.1) is 5.92 Å². The van der Waals surface area contributed by atoms with Crippen LogP contribution in [0.3, 0.4) is 0 Å². The highest BCUT2D eigenvalue weighted by Gasteiger charge is 2.32. The molecule has 1 aromatic rings. The van der Waals surface area contributed by atoms with E-state index in [1.54, 1.807) is 6.07 Å². The monoisotopic (exact) mass is 289 g/mol. The van der Waals surface area contributed by atoms with Crippen LogP contribution in [-0.4, -0.2) is 17.6 Å². The molecule has 0 amide bonds. The Bertz CT molecular complexity index is 444. The standard InChI is InChI=1S/C14H18F3NO2/c15-14(16,17)20-11-7-3-6-10(8-11)12(18)13(19)9-4-1-2-5-9/h3,6-9,12-13,19H,1-2,4-5,18H2/t12-,13+/m1/s1. The Kier molecular flexibility index (Phi) is 4.55. The first kappa shape index (κ1) is 15.1. The fourth-order valence-corrected chi connectivity index (χ4v) is 2.71. The molecular weight excluding hydrogens is 271 g/mol. The second kappa shape index (κ2) is 6.01. The second-order valence-electron chi connectivity index (χ2n) is 5.18. The van der Waals surface area contributed by atoms with Gasteiger partial charge in [-0.2, -0.15) is 0 Å². The molecule has 20 heavy (non-hydrogen) atoms. The van der Waals surface area contributed by atoms with E-state index >= 15 is 0 Å². The van der Waals surface area contributed by atoms with Gasteiger partial charge in [-0.15, -0.1) is 13.2 Å². The molecule has 0 bridgehead atoms. The maximum absolute atomic E-state index is 12.2. The molecule has 1 aliphatic carbocycles. The molecule has 3 N–H and O–H groups in total. The van der Waals surface area contributed by atoms with Gasteiger partial charge in [0.25, 0.3) is 0 Å². The predicted octanol–water partition coefficient (Wildman–Crippen LogP) is 3.14. The van der Waals surface area contributed by atoms with E-state index in [2.05, 4.69) is 4.74 Å². The molecule has 3 nitrogen and oxygen atoms in total. The summed E-state index contributed by atoms with van der Waals surface area (Å²) in [6, 6.07) is 4.79. The third-order valence-electron chi connectivity index (χ3n) is 3.73. The van der Waals surface area contributed by atoms with Gasteiger partial charge >= 0.3 is 6.36 Å². The molecule has 1 saturated carbocycles. The average Bonchev–Trinajstić information content (AvgIpc) is 2.89. The van der Waals surface area contributed by atoms with Gasteiger partial charge in [-0.25, -0.2) is 0 Å². The van der Waals surface area contributed by atoms with Crippen molar-refractivity contribution in [2.24, 2.45) is 11.7 Å². The van der Waals surface area contributed by atoms with Gasteiger partial charge in [0.2, 0.25) is 0 Å². The lowest BCUT2D eigenvalue weighted by atomic mass is 9.91. The lowest BCUT2D eigenvalue weighted by Crippen LogP contribution is -2.32. The van der Waals surface area contributed by atoms with Crippen LogP contribution in [0.15, 0.2) is 24.3 Å². The molecule has 0 radical (unpaired) electrons. The van der Waals surface area contributed by atoms with Crippen LogP contribution in [-0.2, 0) is 0 Å². The van der Waals surface area contributed by atoms with Crippen molar-refractivity contribution < 1.29 is 23.0 Å². The maximum Gasteiger partial charge on any atom is 0.573 e. The molecule has 6 heteroatoms. The molecule has 0 unspecified atom stereocenters. The molecule has 0 aromatic heterocycles. The quantitative estimate of drug-likeness (QED) is 0.895. The minimum atomic E-state index is -4.73. The largest absolute Gasteiger partial charge is 0.573 e. The van der Waals surface area contributed by atoms with E-state index in [1.165, 1.54) is 18.2 Å². The zero-order valence-electron chi connectivity index (χ0n) is 10.9. The van der Waals surface area contributed by atoms with Crippen LogP contribution >= 0.6 is 0 Å². The van der Waals surface area contributed by atoms with Crippen molar-refractivity contribution >= 4 is 0 Å². The van der Waals surface area contributed by atoms with E-state index < -0.39 is 18.5 Å². The van der Waals surface area contributed by atoms with Gasteiger partial charge in [-0.1, -0.05) is 25.0 Å². The predicted molar refractivity (Wildman–Crippen MR) is 68.0 cm³/mol. The van der Waals surface area contributed by atoms with Crippen LogP contribution in [0.2, 0.25) is 0 Å². The normalized spacial score (nSPS) is 19.9. The van der Waals surface area contributed by atoms with Crippen LogP contribution in [0.4, 0.5) is 13.2 Å². The summed E-state index contributed by atoms with van der Waals surface area (Å²) in [7, 11) is 0. The molecule has 112 valence electrons. The van der Waals surface area contributed by atoms with Gasteiger partial charge in [0.15, 0.2) is 0 Å². The van der Waals surface area contributed by atoms with E-state index in [0.717, 1.165) is 25.7 Å². The molecular formula is C14H18F3NO2. The maximum atomic E-state index is 12.2. The Morgan fingerprint density at radius 1 is 1.25 bits per heavy atom. The summed E-state index contributed by atoms with van der Waals surface area (Å²) < 4.78 is 40.4. The summed E-state index contributed by atoms with van der Waals surface area (Å²) in [6.07, 6.45) is -1.52. The smallest absolute Gasteiger partial charge is 0.406 e. The van der Waals surface area contributed by atoms with Crippen molar-refractivity contribution in [3.8, 4) is 5.75 Å². The van der Waals surface area contributed by atoms with E-state index in [1.807, 2.05) is 0 Å². The van der Waals surface area contributed by atoms with E-state index in [0.29, 0.717) is 5.56 Å². The van der Waals surface area contributed by atoms with Crippen molar-refractivity contribution in [1.82, 2.24) is 0 Å². The van der Waals surface area contributed by atoms with Crippen molar-refractivity contribution in [2.45, 2.75) is 44.2 Å². The summed E-state index contributed by atoms with van der Waals surface area (Å²) in [5.41, 5.74) is 6.41. The van der Waals surface area contributed by atoms with Gasteiger partial charge in [-0.05, 0) is 36.5 Å². The number of hydrogen-bond acceptors (Lipinski definition) is 3. The lowest BCUT2D eigenvalue weighted by molar-refractivity contribution is -0.274. The van der Waals surface area contributed by atoms with Crippen molar-refractivity contribution in [3.63, 3.8) is 0 Å². The molecule has 0 aliphatic heterocycles. The summed E-state index contributed by atoms with van der Waals surface area (Å²) in [5.74, 6) is -0.193. The number of rotatable bonds is 4. The average molecular weight is 289 g/mol. The fraction of sp³-hybridized carbons (Fsp3) is 0.571. The highest BCUT2D eigenvalue weighted by atomic mass is 19.4. The Hall–Kier alpha value is -1.27. The molecule has 1 fully saturated rings. The fourth-order valence-electron chi connectivity index (χ4n) is 2.71. The second-order valence-corrected chi connectivity index (χ2v) is 5.18. The Morgan fingerprint density at radius 2 is 1.90 bits per heavy atom. The van der Waals surface area contributed by atoms with Gasteiger partial charge in [0.1, 0.15) is 5.75 Å². The number of hydrogen-bond donors (Lipinski definition) is 2. The first-order chi connectivity index (χ1) is 9.37. The van der Waals surface area contributed by atoms with Crippen LogP contribution in [0.5, 0.6) is 5.75 Å². The molecule has 1 aromatic carbocycles. The minimum Gasteiger partial charge on any atom is -0.406 e. The SMILES string of the molecule is N[C@H](c1cccc(OC(F)(F)F)c1)[C@@H](O)C1CCCC1. The molecule has 2 atom stereocenters. The van der Waals surface area contributed by atoms with Gasteiger partial charge < -0.3 is 15.6 Å². The number of aliphatic hydroxyl groups is 1. The Labute approximate surface area is 115 Å². The molecule has 0 saturated heterocycles. The van der Waals surface area contributed by atoms with Crippen molar-refractivity contribution in [1.29, 1.82) is 0 Å².